The Hall–Kier alpha value is -0.0800. The van der Waals surface area contributed by atoms with Crippen LogP contribution in [-0.2, 0) is 0 Å². The third kappa shape index (κ3) is 2.12. The summed E-state index contributed by atoms with van der Waals surface area (Å²) in [6.07, 6.45) is 6.92. The highest BCUT2D eigenvalue weighted by molar-refractivity contribution is 4.89. The number of hydrogen-bond donors (Lipinski definition) is 1. The fourth-order valence-corrected chi connectivity index (χ4v) is 2.86. The fraction of sp³-hybridized carbons (Fsp3) is 1.00. The molecule has 2 nitrogen and oxygen atoms in total. The van der Waals surface area contributed by atoms with E-state index in [1.807, 2.05) is 0 Å². The van der Waals surface area contributed by atoms with Gasteiger partial charge in [0.2, 0.25) is 0 Å². The van der Waals surface area contributed by atoms with Crippen LogP contribution in [-0.4, -0.2) is 31.1 Å². The summed E-state index contributed by atoms with van der Waals surface area (Å²) in [4.78, 5) is 2.63. The molecule has 82 valence electrons. The molecule has 0 aromatic rings. The van der Waals surface area contributed by atoms with E-state index < -0.39 is 0 Å². The van der Waals surface area contributed by atoms with Gasteiger partial charge in [-0.15, -0.1) is 0 Å². The Morgan fingerprint density at radius 3 is 2.64 bits per heavy atom. The van der Waals surface area contributed by atoms with Crippen LogP contribution in [0.4, 0.5) is 0 Å². The van der Waals surface area contributed by atoms with Crippen molar-refractivity contribution in [2.45, 2.75) is 39.0 Å². The zero-order chi connectivity index (χ0) is 10.0. The maximum absolute atomic E-state index is 5.86. The first-order valence-electron chi connectivity index (χ1n) is 6.16. The van der Waals surface area contributed by atoms with E-state index >= 15 is 0 Å². The quantitative estimate of drug-likeness (QED) is 0.743. The third-order valence-corrected chi connectivity index (χ3v) is 4.31. The van der Waals surface area contributed by atoms with E-state index in [4.69, 9.17) is 5.73 Å². The van der Waals surface area contributed by atoms with E-state index in [-0.39, 0.29) is 0 Å². The van der Waals surface area contributed by atoms with Crippen molar-refractivity contribution in [3.05, 3.63) is 0 Å². The van der Waals surface area contributed by atoms with Gasteiger partial charge in [-0.3, -0.25) is 0 Å². The number of likely N-dealkylation sites (tertiary alicyclic amines) is 1. The zero-order valence-corrected chi connectivity index (χ0v) is 9.47. The molecular formula is C12H24N2. The fourth-order valence-electron chi connectivity index (χ4n) is 2.86. The Morgan fingerprint density at radius 1 is 1.43 bits per heavy atom. The van der Waals surface area contributed by atoms with E-state index in [9.17, 15) is 0 Å². The van der Waals surface area contributed by atoms with Crippen LogP contribution in [0, 0.1) is 11.3 Å². The second-order valence-electron chi connectivity index (χ2n) is 5.50. The van der Waals surface area contributed by atoms with Gasteiger partial charge in [-0.1, -0.05) is 13.3 Å². The minimum absolute atomic E-state index is 0.547. The van der Waals surface area contributed by atoms with Crippen molar-refractivity contribution in [1.82, 2.24) is 4.90 Å². The van der Waals surface area contributed by atoms with Crippen LogP contribution in [0.25, 0.3) is 0 Å². The lowest BCUT2D eigenvalue weighted by molar-refractivity contribution is 0.111. The minimum Gasteiger partial charge on any atom is -0.330 e. The lowest BCUT2D eigenvalue weighted by atomic mass is 9.66. The van der Waals surface area contributed by atoms with E-state index in [0.717, 1.165) is 12.5 Å². The molecule has 0 spiro atoms. The van der Waals surface area contributed by atoms with Gasteiger partial charge < -0.3 is 10.6 Å². The number of nitrogens with zero attached hydrogens (tertiary/aromatic N) is 1. The summed E-state index contributed by atoms with van der Waals surface area (Å²) in [5, 5.41) is 0. The Bertz CT molecular complexity index is 181. The molecule has 1 saturated carbocycles. The summed E-state index contributed by atoms with van der Waals surface area (Å²) < 4.78 is 0. The number of rotatable bonds is 4. The van der Waals surface area contributed by atoms with Crippen molar-refractivity contribution in [1.29, 1.82) is 0 Å². The molecule has 0 aromatic heterocycles. The topological polar surface area (TPSA) is 29.3 Å². The summed E-state index contributed by atoms with van der Waals surface area (Å²) in [5.74, 6) is 0.921. The van der Waals surface area contributed by atoms with Gasteiger partial charge in [-0.05, 0) is 56.7 Å². The van der Waals surface area contributed by atoms with Gasteiger partial charge in [0.1, 0.15) is 0 Å². The van der Waals surface area contributed by atoms with Crippen molar-refractivity contribution in [2.24, 2.45) is 17.1 Å². The molecule has 2 rings (SSSR count). The molecule has 1 atom stereocenters. The Labute approximate surface area is 87.8 Å². The molecule has 2 aliphatic rings. The summed E-state index contributed by atoms with van der Waals surface area (Å²) in [6.45, 7) is 7.21. The summed E-state index contributed by atoms with van der Waals surface area (Å²) in [5.41, 5.74) is 6.41. The van der Waals surface area contributed by atoms with Crippen LogP contribution in [0.2, 0.25) is 0 Å². The zero-order valence-electron chi connectivity index (χ0n) is 9.47. The normalized spacial score (nSPS) is 31.7. The van der Waals surface area contributed by atoms with Gasteiger partial charge in [0, 0.05) is 6.54 Å². The van der Waals surface area contributed by atoms with Crippen LogP contribution in [0.15, 0.2) is 0 Å². The Balaban J connectivity index is 1.71. The standard InChI is InChI=1S/C12H24N2/c1-11-3-7-14(9-11)8-6-12(10-13)4-2-5-12/h11H,2-10,13H2,1H3. The lowest BCUT2D eigenvalue weighted by Crippen LogP contribution is -2.40. The minimum atomic E-state index is 0.547. The van der Waals surface area contributed by atoms with Crippen LogP contribution in [0.3, 0.4) is 0 Å². The van der Waals surface area contributed by atoms with Gasteiger partial charge in [-0.2, -0.15) is 0 Å². The van der Waals surface area contributed by atoms with Gasteiger partial charge >= 0.3 is 0 Å². The SMILES string of the molecule is CC1CCN(CCC2(CN)CCC2)C1. The Morgan fingerprint density at radius 2 is 2.21 bits per heavy atom. The second-order valence-corrected chi connectivity index (χ2v) is 5.50. The summed E-state index contributed by atoms with van der Waals surface area (Å²) >= 11 is 0. The average molecular weight is 196 g/mol. The van der Waals surface area contributed by atoms with Crippen LogP contribution in [0.5, 0.6) is 0 Å². The maximum atomic E-state index is 5.86. The molecule has 14 heavy (non-hydrogen) atoms. The molecule has 1 unspecified atom stereocenters. The predicted octanol–water partition coefficient (Wildman–Crippen LogP) is 1.85. The molecule has 1 aliphatic heterocycles. The molecule has 2 heteroatoms. The van der Waals surface area contributed by atoms with E-state index in [1.165, 1.54) is 51.7 Å². The first-order valence-corrected chi connectivity index (χ1v) is 6.16. The second kappa shape index (κ2) is 4.19. The molecule has 0 aromatic carbocycles. The highest BCUT2D eigenvalue weighted by Gasteiger charge is 2.35. The van der Waals surface area contributed by atoms with Crippen LogP contribution in [0.1, 0.15) is 39.0 Å². The largest absolute Gasteiger partial charge is 0.330 e. The first kappa shape index (κ1) is 10.4. The molecule has 0 radical (unpaired) electrons. The molecule has 2 fully saturated rings. The lowest BCUT2D eigenvalue weighted by Gasteiger charge is -2.42. The van der Waals surface area contributed by atoms with Crippen molar-refractivity contribution in [3.8, 4) is 0 Å². The predicted molar refractivity (Wildman–Crippen MR) is 60.2 cm³/mol. The van der Waals surface area contributed by atoms with E-state index in [1.54, 1.807) is 0 Å². The van der Waals surface area contributed by atoms with Crippen LogP contribution >= 0.6 is 0 Å². The maximum Gasteiger partial charge on any atom is 0.000750 e. The monoisotopic (exact) mass is 196 g/mol. The highest BCUT2D eigenvalue weighted by Crippen LogP contribution is 2.43. The molecule has 1 saturated heterocycles. The van der Waals surface area contributed by atoms with Crippen LogP contribution < -0.4 is 5.73 Å². The first-order chi connectivity index (χ1) is 6.74. The van der Waals surface area contributed by atoms with E-state index in [0.29, 0.717) is 5.41 Å². The summed E-state index contributed by atoms with van der Waals surface area (Å²) in [7, 11) is 0. The van der Waals surface area contributed by atoms with Crippen molar-refractivity contribution in [2.75, 3.05) is 26.2 Å². The van der Waals surface area contributed by atoms with Gasteiger partial charge in [0.05, 0.1) is 0 Å². The van der Waals surface area contributed by atoms with E-state index in [2.05, 4.69) is 11.8 Å². The van der Waals surface area contributed by atoms with Crippen molar-refractivity contribution < 1.29 is 0 Å². The average Bonchev–Trinajstić information content (AvgIpc) is 2.50. The molecule has 2 N–H and O–H groups in total. The highest BCUT2D eigenvalue weighted by atomic mass is 15.1. The molecular weight excluding hydrogens is 172 g/mol. The number of hydrogen-bond acceptors (Lipinski definition) is 2. The number of nitrogens with two attached hydrogens (primary N) is 1. The molecule has 0 amide bonds. The van der Waals surface area contributed by atoms with Gasteiger partial charge in [-0.25, -0.2) is 0 Å². The summed E-state index contributed by atoms with van der Waals surface area (Å²) in [6, 6.07) is 0. The molecule has 1 heterocycles. The van der Waals surface area contributed by atoms with Gasteiger partial charge in [0.25, 0.3) is 0 Å². The Kier molecular flexibility index (Phi) is 3.13. The smallest absolute Gasteiger partial charge is 0.000750 e. The third-order valence-electron chi connectivity index (χ3n) is 4.31. The van der Waals surface area contributed by atoms with Crippen molar-refractivity contribution in [3.63, 3.8) is 0 Å². The van der Waals surface area contributed by atoms with Crippen molar-refractivity contribution >= 4 is 0 Å². The van der Waals surface area contributed by atoms with Gasteiger partial charge in [0.15, 0.2) is 0 Å². The molecule has 1 aliphatic carbocycles. The molecule has 0 bridgehead atoms.